The SMILES string of the molecule is CN(Cc1ccc(C(=O)NCCCc2ccccc2)cc1)S(=O)(=O)c1ccccc1. The minimum atomic E-state index is -3.55. The van der Waals surface area contributed by atoms with Gasteiger partial charge >= 0.3 is 0 Å². The molecule has 6 heteroatoms. The van der Waals surface area contributed by atoms with Crippen LogP contribution >= 0.6 is 0 Å². The van der Waals surface area contributed by atoms with Gasteiger partial charge in [-0.15, -0.1) is 0 Å². The lowest BCUT2D eigenvalue weighted by atomic mass is 10.1. The Balaban J connectivity index is 1.51. The van der Waals surface area contributed by atoms with Crippen LogP contribution in [0.15, 0.2) is 89.8 Å². The molecule has 0 spiro atoms. The van der Waals surface area contributed by atoms with Gasteiger partial charge in [0.15, 0.2) is 0 Å². The number of nitrogens with one attached hydrogen (secondary N) is 1. The Hall–Kier alpha value is -2.96. The molecule has 0 atom stereocenters. The van der Waals surface area contributed by atoms with E-state index in [0.717, 1.165) is 18.4 Å². The first-order chi connectivity index (χ1) is 14.5. The largest absolute Gasteiger partial charge is 0.352 e. The number of hydrogen-bond acceptors (Lipinski definition) is 3. The van der Waals surface area contributed by atoms with Gasteiger partial charge in [0.25, 0.3) is 5.91 Å². The summed E-state index contributed by atoms with van der Waals surface area (Å²) in [6.45, 7) is 0.837. The lowest BCUT2D eigenvalue weighted by Gasteiger charge is -2.17. The van der Waals surface area contributed by atoms with Crippen molar-refractivity contribution in [2.45, 2.75) is 24.3 Å². The molecular formula is C24H26N2O3S. The third kappa shape index (κ3) is 5.78. The molecule has 5 nitrogen and oxygen atoms in total. The molecule has 0 radical (unpaired) electrons. The number of carbonyl (C=O) groups excluding carboxylic acids is 1. The Morgan fingerprint density at radius 3 is 2.07 bits per heavy atom. The Morgan fingerprint density at radius 1 is 0.833 bits per heavy atom. The van der Waals surface area contributed by atoms with Crippen LogP contribution in [0.2, 0.25) is 0 Å². The van der Waals surface area contributed by atoms with Crippen LogP contribution in [0.3, 0.4) is 0 Å². The highest BCUT2D eigenvalue weighted by Crippen LogP contribution is 2.16. The first-order valence-corrected chi connectivity index (χ1v) is 11.3. The summed E-state index contributed by atoms with van der Waals surface area (Å²) >= 11 is 0. The van der Waals surface area contributed by atoms with Crippen molar-refractivity contribution in [3.63, 3.8) is 0 Å². The van der Waals surface area contributed by atoms with Crippen LogP contribution in [-0.2, 0) is 23.0 Å². The summed E-state index contributed by atoms with van der Waals surface area (Å²) in [5.74, 6) is -0.125. The highest BCUT2D eigenvalue weighted by atomic mass is 32.2. The van der Waals surface area contributed by atoms with Crippen molar-refractivity contribution in [2.75, 3.05) is 13.6 Å². The molecule has 3 rings (SSSR count). The topological polar surface area (TPSA) is 66.5 Å². The Morgan fingerprint density at radius 2 is 1.43 bits per heavy atom. The van der Waals surface area contributed by atoms with Crippen LogP contribution < -0.4 is 5.32 Å². The number of hydrogen-bond donors (Lipinski definition) is 1. The number of benzene rings is 3. The minimum Gasteiger partial charge on any atom is -0.352 e. The van der Waals surface area contributed by atoms with E-state index in [1.807, 2.05) is 18.2 Å². The van der Waals surface area contributed by atoms with Crippen LogP contribution in [0.4, 0.5) is 0 Å². The van der Waals surface area contributed by atoms with E-state index < -0.39 is 10.0 Å². The summed E-state index contributed by atoms with van der Waals surface area (Å²) in [4.78, 5) is 12.6. The molecule has 0 bridgehead atoms. The lowest BCUT2D eigenvalue weighted by Crippen LogP contribution is -2.27. The van der Waals surface area contributed by atoms with Crippen molar-refractivity contribution < 1.29 is 13.2 Å². The number of aryl methyl sites for hydroxylation is 1. The molecule has 30 heavy (non-hydrogen) atoms. The zero-order valence-electron chi connectivity index (χ0n) is 17.0. The fraction of sp³-hybridized carbons (Fsp3) is 0.208. The maximum atomic E-state index is 12.6. The smallest absolute Gasteiger partial charge is 0.251 e. The van der Waals surface area contributed by atoms with Gasteiger partial charge in [-0.3, -0.25) is 4.79 Å². The summed E-state index contributed by atoms with van der Waals surface area (Å²) in [5, 5.41) is 2.93. The van der Waals surface area contributed by atoms with Gasteiger partial charge in [0.1, 0.15) is 0 Å². The fourth-order valence-corrected chi connectivity index (χ4v) is 4.30. The zero-order valence-corrected chi connectivity index (χ0v) is 17.8. The summed E-state index contributed by atoms with van der Waals surface area (Å²) in [7, 11) is -2.00. The highest BCUT2D eigenvalue weighted by Gasteiger charge is 2.20. The second-order valence-electron chi connectivity index (χ2n) is 7.12. The molecule has 156 valence electrons. The molecule has 0 aliphatic carbocycles. The predicted octanol–water partition coefficient (Wildman–Crippen LogP) is 3.87. The van der Waals surface area contributed by atoms with Crippen LogP contribution in [0.25, 0.3) is 0 Å². The number of nitrogens with zero attached hydrogens (tertiary/aromatic N) is 1. The average Bonchev–Trinajstić information content (AvgIpc) is 2.78. The highest BCUT2D eigenvalue weighted by molar-refractivity contribution is 7.89. The third-order valence-corrected chi connectivity index (χ3v) is 6.66. The summed E-state index contributed by atoms with van der Waals surface area (Å²) < 4.78 is 26.6. The average molecular weight is 423 g/mol. The van der Waals surface area contributed by atoms with E-state index in [1.54, 1.807) is 61.6 Å². The van der Waals surface area contributed by atoms with Gasteiger partial charge in [-0.2, -0.15) is 4.31 Å². The van der Waals surface area contributed by atoms with E-state index in [1.165, 1.54) is 9.87 Å². The van der Waals surface area contributed by atoms with E-state index in [0.29, 0.717) is 12.1 Å². The van der Waals surface area contributed by atoms with Gasteiger partial charge in [-0.05, 0) is 48.2 Å². The molecule has 1 amide bonds. The van der Waals surface area contributed by atoms with Crippen molar-refractivity contribution >= 4 is 15.9 Å². The quantitative estimate of drug-likeness (QED) is 0.533. The monoisotopic (exact) mass is 422 g/mol. The molecule has 0 saturated carbocycles. The van der Waals surface area contributed by atoms with Gasteiger partial charge < -0.3 is 5.32 Å². The maximum absolute atomic E-state index is 12.6. The number of carbonyl (C=O) groups is 1. The van der Waals surface area contributed by atoms with Gasteiger partial charge in [0.05, 0.1) is 4.90 Å². The normalized spacial score (nSPS) is 11.4. The summed E-state index contributed by atoms with van der Waals surface area (Å²) in [5.41, 5.74) is 2.63. The first-order valence-electron chi connectivity index (χ1n) is 9.89. The molecule has 3 aromatic rings. The van der Waals surface area contributed by atoms with E-state index in [9.17, 15) is 13.2 Å². The summed E-state index contributed by atoms with van der Waals surface area (Å²) in [6, 6.07) is 25.5. The minimum absolute atomic E-state index is 0.125. The van der Waals surface area contributed by atoms with Crippen molar-refractivity contribution in [3.8, 4) is 0 Å². The maximum Gasteiger partial charge on any atom is 0.251 e. The van der Waals surface area contributed by atoms with Crippen molar-refractivity contribution in [1.29, 1.82) is 0 Å². The molecular weight excluding hydrogens is 396 g/mol. The van der Waals surface area contributed by atoms with E-state index in [4.69, 9.17) is 0 Å². The molecule has 0 saturated heterocycles. The van der Waals surface area contributed by atoms with Crippen LogP contribution in [0.1, 0.15) is 27.9 Å². The second-order valence-corrected chi connectivity index (χ2v) is 9.16. The fourth-order valence-electron chi connectivity index (χ4n) is 3.12. The molecule has 0 aliphatic heterocycles. The third-order valence-electron chi connectivity index (χ3n) is 4.84. The van der Waals surface area contributed by atoms with Gasteiger partial charge in [-0.1, -0.05) is 60.7 Å². The van der Waals surface area contributed by atoms with Crippen LogP contribution in [0.5, 0.6) is 0 Å². The van der Waals surface area contributed by atoms with Crippen molar-refractivity contribution in [3.05, 3.63) is 102 Å². The Labute approximate surface area is 178 Å². The van der Waals surface area contributed by atoms with Crippen molar-refractivity contribution in [2.24, 2.45) is 0 Å². The first kappa shape index (κ1) is 21.7. The number of amides is 1. The second kappa shape index (κ2) is 10.2. The molecule has 1 N–H and O–H groups in total. The van der Waals surface area contributed by atoms with Crippen LogP contribution in [0, 0.1) is 0 Å². The van der Waals surface area contributed by atoms with E-state index in [-0.39, 0.29) is 17.3 Å². The molecule has 0 aromatic heterocycles. The van der Waals surface area contributed by atoms with E-state index in [2.05, 4.69) is 17.4 Å². The standard InChI is InChI=1S/C24H26N2O3S/c1-26(30(28,29)23-12-6-3-7-13-23)19-21-14-16-22(17-15-21)24(27)25-18-8-11-20-9-4-2-5-10-20/h2-7,9-10,12-17H,8,11,18-19H2,1H3,(H,25,27). The van der Waals surface area contributed by atoms with Crippen molar-refractivity contribution in [1.82, 2.24) is 9.62 Å². The Kier molecular flexibility index (Phi) is 7.38. The molecule has 0 heterocycles. The molecule has 0 fully saturated rings. The van der Waals surface area contributed by atoms with Gasteiger partial charge in [-0.25, -0.2) is 8.42 Å². The Bertz CT molecular complexity index is 1050. The predicted molar refractivity (Wildman–Crippen MR) is 119 cm³/mol. The molecule has 3 aromatic carbocycles. The molecule has 0 unspecified atom stereocenters. The number of rotatable bonds is 9. The lowest BCUT2D eigenvalue weighted by molar-refractivity contribution is 0.0953. The number of sulfonamides is 1. The summed E-state index contributed by atoms with van der Waals surface area (Å²) in [6.07, 6.45) is 1.79. The van der Waals surface area contributed by atoms with Crippen LogP contribution in [-0.4, -0.2) is 32.2 Å². The zero-order chi connectivity index (χ0) is 21.4. The van der Waals surface area contributed by atoms with Gasteiger partial charge in [0, 0.05) is 25.7 Å². The van der Waals surface area contributed by atoms with E-state index >= 15 is 0 Å². The molecule has 0 aliphatic rings. The van der Waals surface area contributed by atoms with Gasteiger partial charge in [0.2, 0.25) is 10.0 Å².